The lowest BCUT2D eigenvalue weighted by Crippen LogP contribution is -2.36. The van der Waals surface area contributed by atoms with Crippen molar-refractivity contribution in [2.75, 3.05) is 36.9 Å². The summed E-state index contributed by atoms with van der Waals surface area (Å²) in [6.07, 6.45) is 1.89. The van der Waals surface area contributed by atoms with Crippen LogP contribution in [0.15, 0.2) is 18.2 Å². The average Bonchev–Trinajstić information content (AvgIpc) is 2.47. The van der Waals surface area contributed by atoms with E-state index in [1.807, 2.05) is 13.0 Å². The molecule has 1 aromatic carbocycles. The van der Waals surface area contributed by atoms with E-state index in [0.29, 0.717) is 23.7 Å². The van der Waals surface area contributed by atoms with Crippen LogP contribution in [-0.2, 0) is 0 Å². The summed E-state index contributed by atoms with van der Waals surface area (Å²) in [5.41, 5.74) is 8.09. The van der Waals surface area contributed by atoms with Gasteiger partial charge in [-0.2, -0.15) is 0 Å². The fourth-order valence-electron chi connectivity index (χ4n) is 2.61. The number of aliphatic hydroxyl groups is 1. The summed E-state index contributed by atoms with van der Waals surface area (Å²) in [6, 6.07) is 5.41. The number of piperidine rings is 1. The number of hydrogen-bond acceptors (Lipinski definition) is 4. The van der Waals surface area contributed by atoms with Crippen LogP contribution in [0.2, 0.25) is 0 Å². The van der Waals surface area contributed by atoms with E-state index in [1.54, 1.807) is 12.1 Å². The molecule has 1 aliphatic heterocycles. The number of nitrogens with two attached hydrogens (primary N) is 1. The summed E-state index contributed by atoms with van der Waals surface area (Å²) in [5.74, 6) is 0.312. The highest BCUT2D eigenvalue weighted by molar-refractivity contribution is 6.00. The summed E-state index contributed by atoms with van der Waals surface area (Å²) in [4.78, 5) is 14.3. The molecule has 5 heteroatoms. The minimum absolute atomic E-state index is 0.0632. The molecule has 0 aliphatic carbocycles. The van der Waals surface area contributed by atoms with Gasteiger partial charge in [-0.15, -0.1) is 0 Å². The standard InChI is InChI=1S/C15H23N3O2/c1-2-17-15(20)13-4-3-12(16)9-14(13)18-7-5-11(10-19)6-8-18/h3-4,9,11,19H,2,5-8,10,16H2,1H3,(H,17,20). The number of carbonyl (C=O) groups is 1. The summed E-state index contributed by atoms with van der Waals surface area (Å²) in [6.45, 7) is 4.45. The van der Waals surface area contributed by atoms with Crippen LogP contribution in [0.5, 0.6) is 0 Å². The second kappa shape index (κ2) is 6.61. The Morgan fingerprint density at radius 1 is 1.45 bits per heavy atom. The molecule has 0 aromatic heterocycles. The van der Waals surface area contributed by atoms with Gasteiger partial charge in [-0.05, 0) is 43.9 Å². The third kappa shape index (κ3) is 3.22. The van der Waals surface area contributed by atoms with Gasteiger partial charge in [0.2, 0.25) is 0 Å². The zero-order chi connectivity index (χ0) is 14.5. The van der Waals surface area contributed by atoms with Crippen LogP contribution in [0.4, 0.5) is 11.4 Å². The Morgan fingerprint density at radius 3 is 2.75 bits per heavy atom. The molecule has 1 saturated heterocycles. The largest absolute Gasteiger partial charge is 0.399 e. The van der Waals surface area contributed by atoms with Crippen molar-refractivity contribution in [3.05, 3.63) is 23.8 Å². The monoisotopic (exact) mass is 277 g/mol. The van der Waals surface area contributed by atoms with Crippen molar-refractivity contribution < 1.29 is 9.90 Å². The molecular formula is C15H23N3O2. The maximum Gasteiger partial charge on any atom is 0.253 e. The Hall–Kier alpha value is -1.75. The van der Waals surface area contributed by atoms with Gasteiger partial charge in [-0.3, -0.25) is 4.79 Å². The number of nitrogens with one attached hydrogen (secondary N) is 1. The van der Waals surface area contributed by atoms with Crippen LogP contribution in [0.1, 0.15) is 30.1 Å². The van der Waals surface area contributed by atoms with E-state index in [1.165, 1.54) is 0 Å². The molecular weight excluding hydrogens is 254 g/mol. The normalized spacial score (nSPS) is 16.2. The van der Waals surface area contributed by atoms with Crippen molar-refractivity contribution in [2.45, 2.75) is 19.8 Å². The molecule has 0 spiro atoms. The number of aliphatic hydroxyl groups excluding tert-OH is 1. The van der Waals surface area contributed by atoms with E-state index in [9.17, 15) is 9.90 Å². The predicted octanol–water partition coefficient (Wildman–Crippen LogP) is 1.23. The number of anilines is 2. The van der Waals surface area contributed by atoms with Gasteiger partial charge in [-0.1, -0.05) is 0 Å². The third-order valence-corrected chi connectivity index (χ3v) is 3.82. The molecule has 0 unspecified atom stereocenters. The lowest BCUT2D eigenvalue weighted by atomic mass is 9.96. The zero-order valence-electron chi connectivity index (χ0n) is 11.9. The van der Waals surface area contributed by atoms with Gasteiger partial charge in [0.25, 0.3) is 5.91 Å². The van der Waals surface area contributed by atoms with Crippen molar-refractivity contribution >= 4 is 17.3 Å². The van der Waals surface area contributed by atoms with Gasteiger partial charge in [-0.25, -0.2) is 0 Å². The quantitative estimate of drug-likeness (QED) is 0.723. The molecule has 0 bridgehead atoms. The molecule has 2 rings (SSSR count). The van der Waals surface area contributed by atoms with Crippen molar-refractivity contribution in [3.63, 3.8) is 0 Å². The molecule has 110 valence electrons. The Labute approximate surface area is 119 Å². The minimum Gasteiger partial charge on any atom is -0.399 e. The van der Waals surface area contributed by atoms with Crippen LogP contribution in [0.3, 0.4) is 0 Å². The van der Waals surface area contributed by atoms with E-state index < -0.39 is 0 Å². The van der Waals surface area contributed by atoms with Crippen LogP contribution >= 0.6 is 0 Å². The van der Waals surface area contributed by atoms with Crippen LogP contribution in [0, 0.1) is 5.92 Å². The first kappa shape index (κ1) is 14.7. The highest BCUT2D eigenvalue weighted by Gasteiger charge is 2.22. The van der Waals surface area contributed by atoms with E-state index in [-0.39, 0.29) is 12.5 Å². The summed E-state index contributed by atoms with van der Waals surface area (Å²) in [7, 11) is 0. The number of rotatable bonds is 4. The topological polar surface area (TPSA) is 78.6 Å². The van der Waals surface area contributed by atoms with E-state index in [2.05, 4.69) is 10.2 Å². The van der Waals surface area contributed by atoms with E-state index >= 15 is 0 Å². The Kier molecular flexibility index (Phi) is 4.84. The van der Waals surface area contributed by atoms with Gasteiger partial charge >= 0.3 is 0 Å². The fourth-order valence-corrected chi connectivity index (χ4v) is 2.61. The molecule has 1 aliphatic rings. The first-order chi connectivity index (χ1) is 9.65. The molecule has 0 saturated carbocycles. The molecule has 5 nitrogen and oxygen atoms in total. The second-order valence-corrected chi connectivity index (χ2v) is 5.25. The smallest absolute Gasteiger partial charge is 0.253 e. The maximum atomic E-state index is 12.1. The Balaban J connectivity index is 2.21. The highest BCUT2D eigenvalue weighted by Crippen LogP contribution is 2.28. The van der Waals surface area contributed by atoms with Gasteiger partial charge in [0.05, 0.1) is 11.3 Å². The number of carbonyl (C=O) groups excluding carboxylic acids is 1. The molecule has 1 fully saturated rings. The summed E-state index contributed by atoms with van der Waals surface area (Å²) >= 11 is 0. The maximum absolute atomic E-state index is 12.1. The second-order valence-electron chi connectivity index (χ2n) is 5.25. The Morgan fingerprint density at radius 2 is 2.15 bits per heavy atom. The number of benzene rings is 1. The van der Waals surface area contributed by atoms with Gasteiger partial charge in [0.1, 0.15) is 0 Å². The molecule has 20 heavy (non-hydrogen) atoms. The predicted molar refractivity (Wildman–Crippen MR) is 80.9 cm³/mol. The number of hydrogen-bond donors (Lipinski definition) is 3. The van der Waals surface area contributed by atoms with Crippen molar-refractivity contribution in [1.29, 1.82) is 0 Å². The van der Waals surface area contributed by atoms with Gasteiger partial charge in [0, 0.05) is 31.9 Å². The Bertz CT molecular complexity index is 468. The van der Waals surface area contributed by atoms with Gasteiger partial charge in [0.15, 0.2) is 0 Å². The van der Waals surface area contributed by atoms with Crippen LogP contribution in [-0.4, -0.2) is 37.3 Å². The van der Waals surface area contributed by atoms with Crippen molar-refractivity contribution in [1.82, 2.24) is 5.32 Å². The SMILES string of the molecule is CCNC(=O)c1ccc(N)cc1N1CCC(CO)CC1. The number of nitrogen functional groups attached to an aromatic ring is 1. The number of nitrogens with zero attached hydrogens (tertiary/aromatic N) is 1. The average molecular weight is 277 g/mol. The zero-order valence-corrected chi connectivity index (χ0v) is 11.9. The van der Waals surface area contributed by atoms with Gasteiger partial charge < -0.3 is 21.1 Å². The van der Waals surface area contributed by atoms with E-state index in [0.717, 1.165) is 31.6 Å². The lowest BCUT2D eigenvalue weighted by Gasteiger charge is -2.34. The lowest BCUT2D eigenvalue weighted by molar-refractivity contribution is 0.0956. The fraction of sp³-hybridized carbons (Fsp3) is 0.533. The minimum atomic E-state index is -0.0632. The molecule has 4 N–H and O–H groups in total. The molecule has 1 aromatic rings. The summed E-state index contributed by atoms with van der Waals surface area (Å²) < 4.78 is 0. The molecule has 0 atom stereocenters. The van der Waals surface area contributed by atoms with Crippen LogP contribution < -0.4 is 16.0 Å². The highest BCUT2D eigenvalue weighted by atomic mass is 16.3. The van der Waals surface area contributed by atoms with Crippen LogP contribution in [0.25, 0.3) is 0 Å². The number of amides is 1. The molecule has 1 heterocycles. The van der Waals surface area contributed by atoms with Crippen molar-refractivity contribution in [2.24, 2.45) is 5.92 Å². The molecule has 1 amide bonds. The van der Waals surface area contributed by atoms with Crippen molar-refractivity contribution in [3.8, 4) is 0 Å². The first-order valence-electron chi connectivity index (χ1n) is 7.19. The van der Waals surface area contributed by atoms with E-state index in [4.69, 9.17) is 5.73 Å². The first-order valence-corrected chi connectivity index (χ1v) is 7.19. The summed E-state index contributed by atoms with van der Waals surface area (Å²) in [5, 5.41) is 12.0. The third-order valence-electron chi connectivity index (χ3n) is 3.82. The molecule has 0 radical (unpaired) electrons.